The average molecular weight is 979 g/mol. The van der Waals surface area contributed by atoms with E-state index in [-0.39, 0.29) is 57.4 Å². The van der Waals surface area contributed by atoms with Crippen LogP contribution in [0.4, 0.5) is 0 Å². The first-order chi connectivity index (χ1) is 26.9. The van der Waals surface area contributed by atoms with Crippen molar-refractivity contribution in [3.8, 4) is 0 Å². The number of quaternary nitrogens is 1. The molecule has 7 heteroatoms. The van der Waals surface area contributed by atoms with E-state index in [9.17, 15) is 0 Å². The van der Waals surface area contributed by atoms with Gasteiger partial charge in [0.1, 0.15) is 0 Å². The molecule has 0 atom stereocenters. The van der Waals surface area contributed by atoms with Crippen LogP contribution in [0.25, 0.3) is 6.08 Å². The highest BCUT2D eigenvalue weighted by atomic mass is 79.9. The van der Waals surface area contributed by atoms with Crippen LogP contribution in [0.2, 0.25) is 0 Å². The molecule has 6 rings (SSSR count). The van der Waals surface area contributed by atoms with Crippen LogP contribution in [0.1, 0.15) is 77.3 Å². The predicted molar refractivity (Wildman–Crippen MR) is 253 cm³/mol. The lowest BCUT2D eigenvalue weighted by molar-refractivity contribution is -0.917. The summed E-state index contributed by atoms with van der Waals surface area (Å²) in [7, 11) is 1.56. The molecule has 1 N–H and O–H groups in total. The fourth-order valence-corrected chi connectivity index (χ4v) is 19.0. The summed E-state index contributed by atoms with van der Waals surface area (Å²) in [4.78, 5) is 0. The van der Waals surface area contributed by atoms with Gasteiger partial charge in [0.05, 0.1) is 87.1 Å². The molecule has 0 bridgehead atoms. The number of hydrogen-bond acceptors (Lipinski definition) is 1. The Kier molecular flexibility index (Phi) is 19.8. The number of nitrogens with one attached hydrogen (secondary N) is 1. The zero-order chi connectivity index (χ0) is 39.7. The summed E-state index contributed by atoms with van der Waals surface area (Å²) < 4.78 is 1.11. The molecule has 1 heterocycles. The summed E-state index contributed by atoms with van der Waals surface area (Å²) in [6, 6.07) is 56.2. The molecule has 1 saturated heterocycles. The number of halogens is 3. The molecule has 318 valence electrons. The normalized spacial score (nSPS) is 15.2. The zero-order valence-electron chi connectivity index (χ0n) is 36.5. The standard InChI is InChI=1S/C52H69N2P2.2BrH.ClH/c1-8-44-33-35-45(36-34-44)43-56(49-29-17-11-18-30-49,50-31-19-12-20-32-50)40-24-23-39-55(47-25-13-9-14-26-47,48-27-15-10-16-28-48)38-22-21-37-54(6,7)46-41-51(2,3)53-52(4,5)42-46;;;/h8-20,25-36,46,53H,1,21-24,37-43H2,2-7H3;3*1H/q+3;;;/p-3. The van der Waals surface area contributed by atoms with Gasteiger partial charge < -0.3 is 56.2 Å². The monoisotopic (exact) mass is 976 g/mol. The molecule has 0 aliphatic carbocycles. The van der Waals surface area contributed by atoms with Gasteiger partial charge in [-0.1, -0.05) is 110 Å². The second kappa shape index (κ2) is 22.8. The smallest absolute Gasteiger partial charge is 0.0995 e. The van der Waals surface area contributed by atoms with Crippen molar-refractivity contribution in [3.05, 3.63) is 163 Å². The molecule has 1 aliphatic heterocycles. The summed E-state index contributed by atoms with van der Waals surface area (Å²) >= 11 is 0. The lowest BCUT2D eigenvalue weighted by Crippen LogP contribution is -3.00. The van der Waals surface area contributed by atoms with Gasteiger partial charge in [0, 0.05) is 30.3 Å². The third kappa shape index (κ3) is 13.2. The van der Waals surface area contributed by atoms with Crippen LogP contribution in [-0.4, -0.2) is 60.7 Å². The Bertz CT molecular complexity index is 1860. The number of rotatable bonds is 18. The maximum Gasteiger partial charge on any atom is 0.0995 e. The van der Waals surface area contributed by atoms with Crippen LogP contribution in [-0.2, 0) is 6.16 Å². The summed E-state index contributed by atoms with van der Waals surface area (Å²) in [6.07, 6.45) is 14.2. The molecular weight excluding hydrogens is 910 g/mol. The van der Waals surface area contributed by atoms with Crippen LogP contribution >= 0.6 is 14.5 Å². The second-order valence-corrected chi connectivity index (χ2v) is 26.0. The summed E-state index contributed by atoms with van der Waals surface area (Å²) in [6.45, 7) is 14.8. The molecule has 0 saturated carbocycles. The molecule has 0 radical (unpaired) electrons. The van der Waals surface area contributed by atoms with E-state index >= 15 is 0 Å². The van der Waals surface area contributed by atoms with Gasteiger partial charge in [0.25, 0.3) is 0 Å². The van der Waals surface area contributed by atoms with Gasteiger partial charge in [-0.25, -0.2) is 0 Å². The minimum atomic E-state index is -1.77. The Morgan fingerprint density at radius 3 is 1.31 bits per heavy atom. The molecule has 59 heavy (non-hydrogen) atoms. The van der Waals surface area contributed by atoms with Crippen molar-refractivity contribution in [2.45, 2.75) is 89.5 Å². The Hall–Kier alpha value is -2.13. The Morgan fingerprint density at radius 2 is 0.915 bits per heavy atom. The van der Waals surface area contributed by atoms with Gasteiger partial charge in [-0.15, -0.1) is 0 Å². The van der Waals surface area contributed by atoms with E-state index in [0.29, 0.717) is 6.04 Å². The van der Waals surface area contributed by atoms with E-state index in [1.807, 2.05) is 6.08 Å². The van der Waals surface area contributed by atoms with Crippen LogP contribution < -0.4 is 72.9 Å². The van der Waals surface area contributed by atoms with Crippen LogP contribution in [0.3, 0.4) is 0 Å². The summed E-state index contributed by atoms with van der Waals surface area (Å²) in [5.41, 5.74) is 2.94. The largest absolute Gasteiger partial charge is 1.00 e. The van der Waals surface area contributed by atoms with E-state index in [4.69, 9.17) is 0 Å². The maximum atomic E-state index is 4.01. The van der Waals surface area contributed by atoms with Crippen molar-refractivity contribution in [1.82, 2.24) is 5.32 Å². The molecular formula is C52H69Br2ClN2P2. The first-order valence-corrected chi connectivity index (χ1v) is 25.5. The highest BCUT2D eigenvalue weighted by molar-refractivity contribution is 7.89. The third-order valence-corrected chi connectivity index (χ3v) is 22.0. The Morgan fingerprint density at radius 1 is 0.559 bits per heavy atom. The first kappa shape index (κ1) is 51.2. The van der Waals surface area contributed by atoms with E-state index in [1.54, 1.807) is 10.6 Å². The average Bonchev–Trinajstić information content (AvgIpc) is 3.20. The minimum Gasteiger partial charge on any atom is -1.00 e. The zero-order valence-corrected chi connectivity index (χ0v) is 42.2. The summed E-state index contributed by atoms with van der Waals surface area (Å²) in [5.74, 6) is 0. The van der Waals surface area contributed by atoms with Crippen molar-refractivity contribution in [3.63, 3.8) is 0 Å². The molecule has 5 aromatic carbocycles. The molecule has 0 unspecified atom stereocenters. The van der Waals surface area contributed by atoms with Gasteiger partial charge >= 0.3 is 0 Å². The predicted octanol–water partition coefficient (Wildman–Crippen LogP) is 2.12. The SMILES string of the molecule is C=Cc1ccc(C[P+](CCCC[P+](CCCC[N+](C)(C)C2CC(C)(C)NC(C)(C)C2)(c2ccccc2)c2ccccc2)(c2ccccc2)c2ccccc2)cc1.[Br-].[Br-].[Cl-]. The van der Waals surface area contributed by atoms with E-state index in [2.05, 4.69) is 199 Å². The first-order valence-electron chi connectivity index (χ1n) is 21.2. The highest BCUT2D eigenvalue weighted by Gasteiger charge is 2.46. The molecule has 2 nitrogen and oxygen atoms in total. The molecule has 1 aliphatic rings. The number of benzene rings is 5. The van der Waals surface area contributed by atoms with Crippen LogP contribution in [0.5, 0.6) is 0 Å². The maximum absolute atomic E-state index is 4.01. The van der Waals surface area contributed by atoms with Gasteiger partial charge in [0.15, 0.2) is 0 Å². The number of hydrogen-bond donors (Lipinski definition) is 1. The van der Waals surface area contributed by atoms with Crippen LogP contribution in [0.15, 0.2) is 152 Å². The number of nitrogens with zero attached hydrogens (tertiary/aromatic N) is 1. The van der Waals surface area contributed by atoms with Crippen molar-refractivity contribution in [2.24, 2.45) is 0 Å². The topological polar surface area (TPSA) is 12.0 Å². The van der Waals surface area contributed by atoms with E-state index in [1.165, 1.54) is 85.3 Å². The van der Waals surface area contributed by atoms with E-state index in [0.717, 1.165) is 10.6 Å². The molecule has 0 amide bonds. The lowest BCUT2D eigenvalue weighted by Gasteiger charge is -2.51. The van der Waals surface area contributed by atoms with Gasteiger partial charge in [0.2, 0.25) is 0 Å². The lowest BCUT2D eigenvalue weighted by atomic mass is 9.78. The van der Waals surface area contributed by atoms with Gasteiger partial charge in [-0.2, -0.15) is 0 Å². The molecule has 0 aromatic heterocycles. The van der Waals surface area contributed by atoms with Crippen molar-refractivity contribution < 1.29 is 50.9 Å². The van der Waals surface area contributed by atoms with Gasteiger partial charge in [-0.3, -0.25) is 0 Å². The molecule has 1 fully saturated rings. The van der Waals surface area contributed by atoms with E-state index < -0.39 is 14.5 Å². The van der Waals surface area contributed by atoms with Crippen molar-refractivity contribution in [1.29, 1.82) is 0 Å². The van der Waals surface area contributed by atoms with Crippen molar-refractivity contribution >= 4 is 41.8 Å². The third-order valence-electron chi connectivity index (χ3n) is 12.7. The quantitative estimate of drug-likeness (QED) is 0.0808. The Labute approximate surface area is 387 Å². The van der Waals surface area contributed by atoms with Crippen LogP contribution in [0, 0.1) is 0 Å². The molecule has 5 aromatic rings. The number of piperidine rings is 1. The molecule has 0 spiro atoms. The second-order valence-electron chi connectivity index (χ2n) is 18.4. The number of unbranched alkanes of at least 4 members (excludes halogenated alkanes) is 2. The van der Waals surface area contributed by atoms with Crippen molar-refractivity contribution in [2.75, 3.05) is 39.1 Å². The summed E-state index contributed by atoms with van der Waals surface area (Å²) in [5, 5.41) is 10.1. The fourth-order valence-electron chi connectivity index (χ4n) is 9.98. The fraction of sp³-hybridized carbons (Fsp3) is 0.385. The van der Waals surface area contributed by atoms with Gasteiger partial charge in [-0.05, 0) is 107 Å². The minimum absolute atomic E-state index is 0. The highest BCUT2D eigenvalue weighted by Crippen LogP contribution is 2.61. The Balaban J connectivity index is 0.00000310.